The van der Waals surface area contributed by atoms with Crippen LogP contribution in [0.15, 0.2) is 22.7 Å². The first-order valence-electron chi connectivity index (χ1n) is 6.33. The van der Waals surface area contributed by atoms with E-state index in [1.807, 2.05) is 0 Å². The van der Waals surface area contributed by atoms with Crippen LogP contribution in [0, 0.1) is 6.92 Å². The zero-order chi connectivity index (χ0) is 13.3. The normalized spacial score (nSPS) is 23.2. The van der Waals surface area contributed by atoms with Gasteiger partial charge in [-0.3, -0.25) is 0 Å². The molecule has 1 aromatic rings. The third-order valence-corrected chi connectivity index (χ3v) is 4.16. The lowest BCUT2D eigenvalue weighted by Gasteiger charge is -2.49. The van der Waals surface area contributed by atoms with Gasteiger partial charge in [-0.1, -0.05) is 6.07 Å². The van der Waals surface area contributed by atoms with Gasteiger partial charge in [0.25, 0.3) is 0 Å². The molecule has 4 heteroatoms. The number of benzene rings is 1. The summed E-state index contributed by atoms with van der Waals surface area (Å²) < 4.78 is 1.09. The smallest absolute Gasteiger partial charge is 0.0651 e. The van der Waals surface area contributed by atoms with Crippen molar-refractivity contribution in [2.45, 2.75) is 32.4 Å². The van der Waals surface area contributed by atoms with Crippen LogP contribution in [-0.4, -0.2) is 36.4 Å². The SMILES string of the molecule is Cc1ccc(N2C(CO)CNCC2(C)C)c(Br)c1. The molecule has 0 saturated carbocycles. The van der Waals surface area contributed by atoms with Gasteiger partial charge in [0.15, 0.2) is 0 Å². The quantitative estimate of drug-likeness (QED) is 0.879. The van der Waals surface area contributed by atoms with Gasteiger partial charge in [-0.25, -0.2) is 0 Å². The molecule has 1 aromatic carbocycles. The highest BCUT2D eigenvalue weighted by Crippen LogP contribution is 2.34. The van der Waals surface area contributed by atoms with Crippen LogP contribution in [0.1, 0.15) is 19.4 Å². The highest BCUT2D eigenvalue weighted by molar-refractivity contribution is 9.10. The van der Waals surface area contributed by atoms with Crippen molar-refractivity contribution in [2.24, 2.45) is 0 Å². The molecule has 1 aliphatic rings. The zero-order valence-electron chi connectivity index (χ0n) is 11.2. The number of rotatable bonds is 2. The fourth-order valence-electron chi connectivity index (χ4n) is 2.69. The monoisotopic (exact) mass is 312 g/mol. The van der Waals surface area contributed by atoms with Crippen LogP contribution in [0.2, 0.25) is 0 Å². The second-order valence-corrected chi connectivity index (χ2v) is 6.46. The number of hydrogen-bond acceptors (Lipinski definition) is 3. The Kier molecular flexibility index (Phi) is 3.99. The molecule has 1 atom stereocenters. The van der Waals surface area contributed by atoms with Gasteiger partial charge in [-0.15, -0.1) is 0 Å². The fourth-order valence-corrected chi connectivity index (χ4v) is 3.38. The molecule has 2 N–H and O–H groups in total. The van der Waals surface area contributed by atoms with Crippen LogP contribution in [0.4, 0.5) is 5.69 Å². The Morgan fingerprint density at radius 3 is 2.83 bits per heavy atom. The number of anilines is 1. The average molecular weight is 313 g/mol. The number of halogens is 1. The van der Waals surface area contributed by atoms with Crippen molar-refractivity contribution in [2.75, 3.05) is 24.6 Å². The number of aryl methyl sites for hydroxylation is 1. The zero-order valence-corrected chi connectivity index (χ0v) is 12.8. The first-order valence-corrected chi connectivity index (χ1v) is 7.12. The Bertz CT molecular complexity index is 434. The van der Waals surface area contributed by atoms with E-state index in [1.54, 1.807) is 0 Å². The highest BCUT2D eigenvalue weighted by atomic mass is 79.9. The van der Waals surface area contributed by atoms with Gasteiger partial charge in [0, 0.05) is 23.1 Å². The average Bonchev–Trinajstić information content (AvgIpc) is 2.29. The number of piperazine rings is 1. The summed E-state index contributed by atoms with van der Waals surface area (Å²) >= 11 is 3.65. The van der Waals surface area contributed by atoms with E-state index in [2.05, 4.69) is 65.1 Å². The van der Waals surface area contributed by atoms with Crippen molar-refractivity contribution in [1.82, 2.24) is 5.32 Å². The number of aliphatic hydroxyl groups is 1. The molecule has 3 nitrogen and oxygen atoms in total. The number of nitrogens with one attached hydrogen (secondary N) is 1. The Morgan fingerprint density at radius 2 is 2.22 bits per heavy atom. The first-order chi connectivity index (χ1) is 8.45. The van der Waals surface area contributed by atoms with Gasteiger partial charge in [-0.2, -0.15) is 0 Å². The molecule has 0 spiro atoms. The second-order valence-electron chi connectivity index (χ2n) is 5.60. The van der Waals surface area contributed by atoms with Gasteiger partial charge in [0.1, 0.15) is 0 Å². The van der Waals surface area contributed by atoms with Crippen LogP contribution >= 0.6 is 15.9 Å². The lowest BCUT2D eigenvalue weighted by atomic mass is 9.95. The van der Waals surface area contributed by atoms with Crippen molar-refractivity contribution >= 4 is 21.6 Å². The molecule has 0 aromatic heterocycles. The molecule has 0 radical (unpaired) electrons. The van der Waals surface area contributed by atoms with Crippen LogP contribution in [-0.2, 0) is 0 Å². The minimum Gasteiger partial charge on any atom is -0.394 e. The standard InChI is InChI=1S/C14H21BrN2O/c1-10-4-5-13(12(15)6-10)17-11(8-18)7-16-9-14(17,2)3/h4-6,11,16,18H,7-9H2,1-3H3. The Morgan fingerprint density at radius 1 is 1.50 bits per heavy atom. The molecule has 1 aliphatic heterocycles. The van der Waals surface area contributed by atoms with Crippen molar-refractivity contribution in [3.63, 3.8) is 0 Å². The van der Waals surface area contributed by atoms with Gasteiger partial charge < -0.3 is 15.3 Å². The van der Waals surface area contributed by atoms with Crippen molar-refractivity contribution in [3.05, 3.63) is 28.2 Å². The maximum absolute atomic E-state index is 9.60. The van der Waals surface area contributed by atoms with Crippen molar-refractivity contribution in [3.8, 4) is 0 Å². The maximum atomic E-state index is 9.60. The first kappa shape index (κ1) is 13.8. The minimum atomic E-state index is -0.0105. The fraction of sp³-hybridized carbons (Fsp3) is 0.571. The highest BCUT2D eigenvalue weighted by Gasteiger charge is 2.36. The number of aliphatic hydroxyl groups excluding tert-OH is 1. The largest absolute Gasteiger partial charge is 0.394 e. The molecular weight excluding hydrogens is 292 g/mol. The van der Waals surface area contributed by atoms with Crippen LogP contribution in [0.5, 0.6) is 0 Å². The molecule has 1 saturated heterocycles. The van der Waals surface area contributed by atoms with Crippen molar-refractivity contribution in [1.29, 1.82) is 0 Å². The molecule has 0 aliphatic carbocycles. The lowest BCUT2D eigenvalue weighted by molar-refractivity contribution is 0.212. The summed E-state index contributed by atoms with van der Waals surface area (Å²) in [5, 5.41) is 13.0. The second kappa shape index (κ2) is 5.19. The van der Waals surface area contributed by atoms with Crippen molar-refractivity contribution < 1.29 is 5.11 Å². The predicted molar refractivity (Wildman–Crippen MR) is 79.2 cm³/mol. The van der Waals surface area contributed by atoms with E-state index < -0.39 is 0 Å². The van der Waals surface area contributed by atoms with Crippen LogP contribution in [0.3, 0.4) is 0 Å². The van der Waals surface area contributed by atoms with Crippen LogP contribution < -0.4 is 10.2 Å². The summed E-state index contributed by atoms with van der Waals surface area (Å²) in [7, 11) is 0. The van der Waals surface area contributed by atoms with E-state index in [1.165, 1.54) is 5.56 Å². The summed E-state index contributed by atoms with van der Waals surface area (Å²) in [5.41, 5.74) is 2.38. The van der Waals surface area contributed by atoms with Gasteiger partial charge in [0.2, 0.25) is 0 Å². The third-order valence-electron chi connectivity index (χ3n) is 3.53. The number of nitrogens with zero attached hydrogens (tertiary/aromatic N) is 1. The summed E-state index contributed by atoms with van der Waals surface area (Å²) in [6.45, 7) is 8.39. The minimum absolute atomic E-state index is 0.0105. The van der Waals surface area contributed by atoms with Gasteiger partial charge >= 0.3 is 0 Å². The summed E-state index contributed by atoms with van der Waals surface area (Å²) in [6.07, 6.45) is 0. The molecule has 1 fully saturated rings. The van der Waals surface area contributed by atoms with E-state index in [-0.39, 0.29) is 18.2 Å². The Balaban J connectivity index is 2.43. The van der Waals surface area contributed by atoms with E-state index in [9.17, 15) is 5.11 Å². The van der Waals surface area contributed by atoms with E-state index >= 15 is 0 Å². The van der Waals surface area contributed by atoms with E-state index in [0.717, 1.165) is 23.2 Å². The molecule has 2 rings (SSSR count). The van der Waals surface area contributed by atoms with Crippen LogP contribution in [0.25, 0.3) is 0 Å². The lowest BCUT2D eigenvalue weighted by Crippen LogP contribution is -2.64. The molecular formula is C14H21BrN2O. The predicted octanol–water partition coefficient (Wildman–Crippen LogP) is 2.31. The third kappa shape index (κ3) is 2.56. The Hall–Kier alpha value is -0.580. The molecule has 18 heavy (non-hydrogen) atoms. The van der Waals surface area contributed by atoms with E-state index in [4.69, 9.17) is 0 Å². The maximum Gasteiger partial charge on any atom is 0.0651 e. The van der Waals surface area contributed by atoms with Gasteiger partial charge in [-0.05, 0) is 54.4 Å². The van der Waals surface area contributed by atoms with E-state index in [0.29, 0.717) is 0 Å². The molecule has 0 bridgehead atoms. The summed E-state index contributed by atoms with van der Waals surface area (Å²) in [4.78, 5) is 2.33. The molecule has 100 valence electrons. The molecule has 0 amide bonds. The summed E-state index contributed by atoms with van der Waals surface area (Å²) in [5.74, 6) is 0. The molecule has 1 heterocycles. The molecule has 1 unspecified atom stereocenters. The Labute approximate surface area is 117 Å². The van der Waals surface area contributed by atoms with Gasteiger partial charge in [0.05, 0.1) is 18.3 Å². The topological polar surface area (TPSA) is 35.5 Å². The number of hydrogen-bond donors (Lipinski definition) is 2. The summed E-state index contributed by atoms with van der Waals surface area (Å²) in [6, 6.07) is 6.50.